The van der Waals surface area contributed by atoms with Crippen LogP contribution in [0.25, 0.3) is 0 Å². The molecule has 19 heavy (non-hydrogen) atoms. The Morgan fingerprint density at radius 3 is 2.63 bits per heavy atom. The Morgan fingerprint density at radius 1 is 1.26 bits per heavy atom. The SMILES string of the molecule is CC1CCCC(N)C1C(=O)N1CCCC1CN(C)C. The number of likely N-dealkylation sites (N-methyl/N-ethyl adjacent to an activating group) is 1. The van der Waals surface area contributed by atoms with Crippen LogP contribution < -0.4 is 5.73 Å². The summed E-state index contributed by atoms with van der Waals surface area (Å²) in [5.74, 6) is 0.817. The Morgan fingerprint density at radius 2 is 2.00 bits per heavy atom. The highest BCUT2D eigenvalue weighted by atomic mass is 16.2. The zero-order chi connectivity index (χ0) is 14.0. The van der Waals surface area contributed by atoms with Crippen LogP contribution in [0.5, 0.6) is 0 Å². The van der Waals surface area contributed by atoms with Gasteiger partial charge in [-0.1, -0.05) is 13.3 Å². The van der Waals surface area contributed by atoms with Crippen LogP contribution in [0.3, 0.4) is 0 Å². The lowest BCUT2D eigenvalue weighted by Crippen LogP contribution is -2.51. The molecule has 0 aromatic rings. The van der Waals surface area contributed by atoms with Crippen LogP contribution in [0.2, 0.25) is 0 Å². The molecule has 4 heteroatoms. The minimum atomic E-state index is 0.0523. The maximum absolute atomic E-state index is 12.8. The monoisotopic (exact) mass is 267 g/mol. The molecule has 0 aromatic carbocycles. The van der Waals surface area contributed by atoms with E-state index in [1.165, 1.54) is 6.42 Å². The van der Waals surface area contributed by atoms with E-state index in [-0.39, 0.29) is 12.0 Å². The zero-order valence-electron chi connectivity index (χ0n) is 12.6. The molecule has 2 fully saturated rings. The number of carbonyl (C=O) groups excluding carboxylic acids is 1. The van der Waals surface area contributed by atoms with E-state index in [1.54, 1.807) is 0 Å². The van der Waals surface area contributed by atoms with E-state index in [0.29, 0.717) is 17.9 Å². The van der Waals surface area contributed by atoms with E-state index in [0.717, 1.165) is 38.8 Å². The molecule has 0 spiro atoms. The fraction of sp³-hybridized carbons (Fsp3) is 0.933. The first-order chi connectivity index (χ1) is 9.00. The molecule has 110 valence electrons. The Kier molecular flexibility index (Phi) is 4.85. The van der Waals surface area contributed by atoms with E-state index in [4.69, 9.17) is 5.73 Å². The first-order valence-corrected chi connectivity index (χ1v) is 7.71. The molecule has 0 bridgehead atoms. The van der Waals surface area contributed by atoms with E-state index < -0.39 is 0 Å². The van der Waals surface area contributed by atoms with Crippen molar-refractivity contribution in [3.05, 3.63) is 0 Å². The highest BCUT2D eigenvalue weighted by Crippen LogP contribution is 2.32. The standard InChI is InChI=1S/C15H29N3O/c1-11-6-4-8-13(16)14(11)15(19)18-9-5-7-12(18)10-17(2)3/h11-14H,4-10,16H2,1-3H3. The molecule has 1 amide bonds. The van der Waals surface area contributed by atoms with Crippen molar-refractivity contribution >= 4 is 5.91 Å². The molecule has 4 unspecified atom stereocenters. The lowest BCUT2D eigenvalue weighted by Gasteiger charge is -2.38. The van der Waals surface area contributed by atoms with Crippen molar-refractivity contribution in [2.75, 3.05) is 27.2 Å². The highest BCUT2D eigenvalue weighted by molar-refractivity contribution is 5.80. The summed E-state index contributed by atoms with van der Waals surface area (Å²) < 4.78 is 0. The summed E-state index contributed by atoms with van der Waals surface area (Å²) in [5.41, 5.74) is 6.23. The molecule has 1 heterocycles. The van der Waals surface area contributed by atoms with Crippen molar-refractivity contribution in [3.8, 4) is 0 Å². The second-order valence-electron chi connectivity index (χ2n) is 6.69. The molecule has 2 aliphatic rings. The maximum atomic E-state index is 12.8. The third-order valence-electron chi connectivity index (χ3n) is 4.79. The van der Waals surface area contributed by atoms with Gasteiger partial charge < -0.3 is 15.5 Å². The number of amides is 1. The average Bonchev–Trinajstić information content (AvgIpc) is 2.75. The number of likely N-dealkylation sites (tertiary alicyclic amines) is 1. The van der Waals surface area contributed by atoms with Gasteiger partial charge in [-0.15, -0.1) is 0 Å². The van der Waals surface area contributed by atoms with Crippen molar-refractivity contribution < 1.29 is 4.79 Å². The van der Waals surface area contributed by atoms with Gasteiger partial charge >= 0.3 is 0 Å². The predicted octanol–water partition coefficient (Wildman–Crippen LogP) is 1.30. The van der Waals surface area contributed by atoms with Gasteiger partial charge in [0.1, 0.15) is 0 Å². The quantitative estimate of drug-likeness (QED) is 0.838. The molecule has 2 rings (SSSR count). The van der Waals surface area contributed by atoms with E-state index in [9.17, 15) is 4.79 Å². The van der Waals surface area contributed by atoms with Gasteiger partial charge in [-0.25, -0.2) is 0 Å². The van der Waals surface area contributed by atoms with Crippen molar-refractivity contribution in [1.82, 2.24) is 9.80 Å². The third kappa shape index (κ3) is 3.29. The van der Waals surface area contributed by atoms with Crippen LogP contribution in [0, 0.1) is 11.8 Å². The molecule has 1 aliphatic heterocycles. The summed E-state index contributed by atoms with van der Waals surface area (Å²) in [6.45, 7) is 4.09. The lowest BCUT2D eigenvalue weighted by molar-refractivity contribution is -0.140. The predicted molar refractivity (Wildman–Crippen MR) is 77.8 cm³/mol. The molecule has 0 aromatic heterocycles. The Balaban J connectivity index is 2.04. The highest BCUT2D eigenvalue weighted by Gasteiger charge is 2.39. The van der Waals surface area contributed by atoms with Gasteiger partial charge in [-0.05, 0) is 45.7 Å². The minimum absolute atomic E-state index is 0.0523. The second-order valence-corrected chi connectivity index (χ2v) is 6.69. The number of hydrogen-bond donors (Lipinski definition) is 1. The largest absolute Gasteiger partial charge is 0.338 e. The smallest absolute Gasteiger partial charge is 0.227 e. The van der Waals surface area contributed by atoms with Crippen LogP contribution in [0.1, 0.15) is 39.0 Å². The van der Waals surface area contributed by atoms with Gasteiger partial charge in [-0.3, -0.25) is 4.79 Å². The Hall–Kier alpha value is -0.610. The molecule has 1 saturated heterocycles. The minimum Gasteiger partial charge on any atom is -0.338 e. The molecule has 1 saturated carbocycles. The van der Waals surface area contributed by atoms with Gasteiger partial charge in [0.2, 0.25) is 5.91 Å². The maximum Gasteiger partial charge on any atom is 0.227 e. The molecule has 4 nitrogen and oxygen atoms in total. The van der Waals surface area contributed by atoms with Gasteiger partial charge in [0.25, 0.3) is 0 Å². The van der Waals surface area contributed by atoms with Crippen molar-refractivity contribution in [1.29, 1.82) is 0 Å². The fourth-order valence-electron chi connectivity index (χ4n) is 3.81. The van der Waals surface area contributed by atoms with Crippen LogP contribution in [0.15, 0.2) is 0 Å². The topological polar surface area (TPSA) is 49.6 Å². The zero-order valence-corrected chi connectivity index (χ0v) is 12.6. The Bertz CT molecular complexity index is 309. The van der Waals surface area contributed by atoms with Crippen LogP contribution in [0.4, 0.5) is 0 Å². The van der Waals surface area contributed by atoms with Gasteiger partial charge in [0, 0.05) is 25.2 Å². The number of nitrogens with zero attached hydrogens (tertiary/aromatic N) is 2. The first-order valence-electron chi connectivity index (χ1n) is 7.71. The summed E-state index contributed by atoms with van der Waals surface area (Å²) in [6, 6.07) is 0.459. The first kappa shape index (κ1) is 14.8. The van der Waals surface area contributed by atoms with E-state index in [2.05, 4.69) is 30.8 Å². The number of hydrogen-bond acceptors (Lipinski definition) is 3. The lowest BCUT2D eigenvalue weighted by atomic mass is 9.76. The van der Waals surface area contributed by atoms with Gasteiger partial charge in [-0.2, -0.15) is 0 Å². The molecule has 0 radical (unpaired) electrons. The summed E-state index contributed by atoms with van der Waals surface area (Å²) in [4.78, 5) is 17.1. The van der Waals surface area contributed by atoms with Gasteiger partial charge in [0.05, 0.1) is 5.92 Å². The molecular formula is C15H29N3O. The molecular weight excluding hydrogens is 238 g/mol. The number of rotatable bonds is 3. The van der Waals surface area contributed by atoms with Crippen molar-refractivity contribution in [2.45, 2.75) is 51.1 Å². The molecule has 4 atom stereocenters. The number of carbonyl (C=O) groups is 1. The van der Waals surface area contributed by atoms with Crippen molar-refractivity contribution in [2.24, 2.45) is 17.6 Å². The third-order valence-corrected chi connectivity index (χ3v) is 4.79. The van der Waals surface area contributed by atoms with E-state index in [1.807, 2.05) is 0 Å². The van der Waals surface area contributed by atoms with Crippen LogP contribution >= 0.6 is 0 Å². The van der Waals surface area contributed by atoms with Crippen LogP contribution in [-0.4, -0.2) is 55.0 Å². The molecule has 1 aliphatic carbocycles. The summed E-state index contributed by atoms with van der Waals surface area (Å²) in [7, 11) is 4.16. The summed E-state index contributed by atoms with van der Waals surface area (Å²) >= 11 is 0. The normalized spacial score (nSPS) is 35.9. The Labute approximate surface area is 117 Å². The second kappa shape index (κ2) is 6.23. The van der Waals surface area contributed by atoms with Crippen molar-refractivity contribution in [3.63, 3.8) is 0 Å². The fourth-order valence-corrected chi connectivity index (χ4v) is 3.81. The van der Waals surface area contributed by atoms with Crippen LogP contribution in [-0.2, 0) is 4.79 Å². The summed E-state index contributed by atoms with van der Waals surface area (Å²) in [6.07, 6.45) is 5.61. The molecule has 2 N–H and O–H groups in total. The average molecular weight is 267 g/mol. The summed E-state index contributed by atoms with van der Waals surface area (Å²) in [5, 5.41) is 0. The van der Waals surface area contributed by atoms with E-state index >= 15 is 0 Å². The number of nitrogens with two attached hydrogens (primary N) is 1. The van der Waals surface area contributed by atoms with Gasteiger partial charge in [0.15, 0.2) is 0 Å².